The number of morpholine rings is 2. The summed E-state index contributed by atoms with van der Waals surface area (Å²) >= 11 is 0. The first-order valence-corrected chi connectivity index (χ1v) is 8.88. The highest BCUT2D eigenvalue weighted by Gasteiger charge is 2.28. The maximum Gasteiger partial charge on any atom is 0.183 e. The van der Waals surface area contributed by atoms with Crippen molar-refractivity contribution in [1.82, 2.24) is 5.01 Å². The molecule has 0 amide bonds. The van der Waals surface area contributed by atoms with Crippen LogP contribution in [0.4, 0.5) is 14.5 Å². The number of nitrogens with zero attached hydrogens (tertiary/aromatic N) is 3. The van der Waals surface area contributed by atoms with Gasteiger partial charge in [0.2, 0.25) is 0 Å². The summed E-state index contributed by atoms with van der Waals surface area (Å²) in [6.07, 6.45) is 1.10. The van der Waals surface area contributed by atoms with Crippen LogP contribution in [0.1, 0.15) is 25.0 Å². The van der Waals surface area contributed by atoms with Crippen molar-refractivity contribution in [2.45, 2.75) is 32.7 Å². The predicted octanol–water partition coefficient (Wildman–Crippen LogP) is 1.74. The van der Waals surface area contributed by atoms with Gasteiger partial charge in [0, 0.05) is 24.2 Å². The molecule has 1 N–H and O–H groups in total. The Bertz CT molecular complexity index is 656. The van der Waals surface area contributed by atoms with Gasteiger partial charge in [0.05, 0.1) is 57.0 Å². The monoisotopic (exact) mass is 369 g/mol. The molecule has 0 unspecified atom stereocenters. The van der Waals surface area contributed by atoms with Crippen LogP contribution in [0.25, 0.3) is 0 Å². The molecule has 0 saturated carbocycles. The van der Waals surface area contributed by atoms with Crippen molar-refractivity contribution in [3.05, 3.63) is 28.8 Å². The maximum atomic E-state index is 14.9. The number of anilines is 1. The van der Waals surface area contributed by atoms with E-state index in [-0.39, 0.29) is 30.1 Å². The molecule has 1 aromatic carbocycles. The largest absolute Gasteiger partial charge is 0.392 e. The van der Waals surface area contributed by atoms with Gasteiger partial charge in [-0.1, -0.05) is 0 Å². The number of rotatable bonds is 4. The van der Waals surface area contributed by atoms with E-state index < -0.39 is 11.6 Å². The maximum absolute atomic E-state index is 14.9. The fourth-order valence-electron chi connectivity index (χ4n) is 3.42. The summed E-state index contributed by atoms with van der Waals surface area (Å²) in [6.45, 7) is 6.60. The third-order valence-corrected chi connectivity index (χ3v) is 4.54. The summed E-state index contributed by atoms with van der Waals surface area (Å²) in [7, 11) is 0. The Balaban J connectivity index is 1.89. The van der Waals surface area contributed by atoms with Crippen LogP contribution < -0.4 is 4.90 Å². The molecule has 1 aromatic rings. The van der Waals surface area contributed by atoms with Gasteiger partial charge in [0.15, 0.2) is 11.6 Å². The van der Waals surface area contributed by atoms with Crippen LogP contribution in [0, 0.1) is 11.6 Å². The molecule has 2 aliphatic rings. The van der Waals surface area contributed by atoms with E-state index >= 15 is 0 Å². The van der Waals surface area contributed by atoms with Crippen LogP contribution >= 0.6 is 0 Å². The van der Waals surface area contributed by atoms with E-state index in [1.54, 1.807) is 9.91 Å². The lowest BCUT2D eigenvalue weighted by molar-refractivity contribution is -0.00554. The number of aliphatic hydroxyl groups is 1. The lowest BCUT2D eigenvalue weighted by Gasteiger charge is -2.38. The minimum Gasteiger partial charge on any atom is -0.392 e. The smallest absolute Gasteiger partial charge is 0.183 e. The molecule has 144 valence electrons. The Kier molecular flexibility index (Phi) is 6.05. The molecule has 0 aromatic heterocycles. The Morgan fingerprint density at radius 1 is 1.19 bits per heavy atom. The fraction of sp³-hybridized carbons (Fsp3) is 0.611. The van der Waals surface area contributed by atoms with E-state index in [1.807, 2.05) is 13.8 Å². The first kappa shape index (κ1) is 19.0. The van der Waals surface area contributed by atoms with E-state index in [1.165, 1.54) is 12.3 Å². The fourth-order valence-corrected chi connectivity index (χ4v) is 3.42. The van der Waals surface area contributed by atoms with Crippen LogP contribution in [0.2, 0.25) is 0 Å². The zero-order valence-electron chi connectivity index (χ0n) is 15.1. The van der Waals surface area contributed by atoms with Crippen molar-refractivity contribution < 1.29 is 23.4 Å². The number of benzene rings is 1. The van der Waals surface area contributed by atoms with Gasteiger partial charge < -0.3 is 19.5 Å². The summed E-state index contributed by atoms with van der Waals surface area (Å²) in [5.41, 5.74) is 0.472. The molecule has 2 heterocycles. The SMILES string of the molecule is C[C@@H]1CN(c2c(CO)cc(C=NN3CCOCC3)c(F)c2F)C[C@H](C)O1. The molecule has 6 nitrogen and oxygen atoms in total. The van der Waals surface area contributed by atoms with Crippen LogP contribution in [0.3, 0.4) is 0 Å². The van der Waals surface area contributed by atoms with Gasteiger partial charge >= 0.3 is 0 Å². The second-order valence-corrected chi connectivity index (χ2v) is 6.73. The summed E-state index contributed by atoms with van der Waals surface area (Å²) in [5, 5.41) is 15.7. The van der Waals surface area contributed by atoms with Crippen molar-refractivity contribution in [3.63, 3.8) is 0 Å². The van der Waals surface area contributed by atoms with Gasteiger partial charge in [-0.2, -0.15) is 5.10 Å². The number of ether oxygens (including phenoxy) is 2. The minimum absolute atomic E-state index is 0.0242. The highest BCUT2D eigenvalue weighted by molar-refractivity contribution is 5.82. The van der Waals surface area contributed by atoms with Gasteiger partial charge in [0.1, 0.15) is 0 Å². The molecule has 3 rings (SSSR count). The van der Waals surface area contributed by atoms with Crippen molar-refractivity contribution in [3.8, 4) is 0 Å². The molecule has 0 radical (unpaired) electrons. The van der Waals surface area contributed by atoms with Gasteiger partial charge in [-0.15, -0.1) is 0 Å². The first-order chi connectivity index (χ1) is 12.5. The molecule has 2 saturated heterocycles. The van der Waals surface area contributed by atoms with E-state index in [2.05, 4.69) is 5.10 Å². The van der Waals surface area contributed by atoms with Crippen molar-refractivity contribution in [2.24, 2.45) is 5.10 Å². The molecule has 0 bridgehead atoms. The lowest BCUT2D eigenvalue weighted by Crippen LogP contribution is -2.46. The van der Waals surface area contributed by atoms with E-state index in [0.29, 0.717) is 45.0 Å². The third-order valence-electron chi connectivity index (χ3n) is 4.54. The van der Waals surface area contributed by atoms with Crippen LogP contribution in [-0.2, 0) is 16.1 Å². The first-order valence-electron chi connectivity index (χ1n) is 8.88. The highest BCUT2D eigenvalue weighted by atomic mass is 19.2. The zero-order chi connectivity index (χ0) is 18.7. The average Bonchev–Trinajstić information content (AvgIpc) is 2.62. The second-order valence-electron chi connectivity index (χ2n) is 6.73. The molecule has 0 aliphatic carbocycles. The predicted molar refractivity (Wildman–Crippen MR) is 94.5 cm³/mol. The number of hydrogen-bond acceptors (Lipinski definition) is 6. The van der Waals surface area contributed by atoms with Crippen LogP contribution in [0.5, 0.6) is 0 Å². The Hall–Kier alpha value is -1.77. The number of hydrazone groups is 1. The number of hydrogen-bond donors (Lipinski definition) is 1. The van der Waals surface area contributed by atoms with Crippen molar-refractivity contribution >= 4 is 11.9 Å². The van der Waals surface area contributed by atoms with Gasteiger partial charge in [-0.05, 0) is 19.9 Å². The molecular weight excluding hydrogens is 344 g/mol. The molecule has 2 aliphatic heterocycles. The Morgan fingerprint density at radius 2 is 1.85 bits per heavy atom. The summed E-state index contributed by atoms with van der Waals surface area (Å²) < 4.78 is 40.4. The van der Waals surface area contributed by atoms with Crippen LogP contribution in [0.15, 0.2) is 11.2 Å². The molecule has 0 spiro atoms. The second kappa shape index (κ2) is 8.28. The van der Waals surface area contributed by atoms with Gasteiger partial charge in [-0.3, -0.25) is 5.01 Å². The molecular formula is C18H25F2N3O3. The van der Waals surface area contributed by atoms with E-state index in [0.717, 1.165) is 0 Å². The Morgan fingerprint density at radius 3 is 2.46 bits per heavy atom. The summed E-state index contributed by atoms with van der Waals surface area (Å²) in [4.78, 5) is 1.74. The van der Waals surface area contributed by atoms with Gasteiger partial charge in [0.25, 0.3) is 0 Å². The quantitative estimate of drug-likeness (QED) is 0.820. The molecule has 2 atom stereocenters. The normalized spacial score (nSPS) is 24.5. The molecule has 8 heteroatoms. The van der Waals surface area contributed by atoms with E-state index in [4.69, 9.17) is 9.47 Å². The minimum atomic E-state index is -0.957. The Labute approximate surface area is 152 Å². The van der Waals surface area contributed by atoms with Crippen molar-refractivity contribution in [2.75, 3.05) is 44.3 Å². The van der Waals surface area contributed by atoms with Crippen LogP contribution in [-0.4, -0.2) is 67.9 Å². The summed E-state index contributed by atoms with van der Waals surface area (Å²) in [6, 6.07) is 1.46. The standard InChI is InChI=1S/C18H25F2N3O3/c1-12-9-22(10-13(2)26-12)18-15(11-24)7-14(16(19)17(18)20)8-21-23-3-5-25-6-4-23/h7-8,12-13,24H,3-6,9-11H2,1-2H3/t12-,13+. The van der Waals surface area contributed by atoms with E-state index in [9.17, 15) is 13.9 Å². The lowest BCUT2D eigenvalue weighted by atomic mass is 10.1. The number of aliphatic hydroxyl groups excluding tert-OH is 1. The molecule has 2 fully saturated rings. The third kappa shape index (κ3) is 4.13. The van der Waals surface area contributed by atoms with Crippen molar-refractivity contribution in [1.29, 1.82) is 0 Å². The van der Waals surface area contributed by atoms with Gasteiger partial charge in [-0.25, -0.2) is 8.78 Å². The zero-order valence-corrected chi connectivity index (χ0v) is 15.1. The topological polar surface area (TPSA) is 57.5 Å². The highest BCUT2D eigenvalue weighted by Crippen LogP contribution is 2.31. The number of halogens is 2. The molecule has 26 heavy (non-hydrogen) atoms. The summed E-state index contributed by atoms with van der Waals surface area (Å²) in [5.74, 6) is -1.91. The average molecular weight is 369 g/mol.